The summed E-state index contributed by atoms with van der Waals surface area (Å²) >= 11 is 0. The minimum absolute atomic E-state index is 0.134. The van der Waals surface area contributed by atoms with Crippen LogP contribution in [0.15, 0.2) is 0 Å². The largest absolute Gasteiger partial charge is 0.368 e. The topological polar surface area (TPSA) is 57.7 Å². The summed E-state index contributed by atoms with van der Waals surface area (Å²) in [6.07, 6.45) is 13.0. The summed E-state index contributed by atoms with van der Waals surface area (Å²) in [5, 5.41) is 10.1. The third-order valence-corrected chi connectivity index (χ3v) is 9.93. The van der Waals surface area contributed by atoms with Crippen LogP contribution in [0.25, 0.3) is 0 Å². The second kappa shape index (κ2) is 8.84. The lowest BCUT2D eigenvalue weighted by Crippen LogP contribution is -2.51. The summed E-state index contributed by atoms with van der Waals surface area (Å²) in [7, 11) is 0. The van der Waals surface area contributed by atoms with Gasteiger partial charge in [0.1, 0.15) is 6.10 Å². The van der Waals surface area contributed by atoms with Crippen LogP contribution in [0, 0.1) is 23.2 Å². The molecule has 1 N–H and O–H groups in total. The van der Waals surface area contributed by atoms with Crippen molar-refractivity contribution in [3.63, 3.8) is 0 Å². The first-order valence-electron chi connectivity index (χ1n) is 13.2. The van der Waals surface area contributed by atoms with Gasteiger partial charge in [0, 0.05) is 12.0 Å². The van der Waals surface area contributed by atoms with E-state index in [4.69, 9.17) is 14.2 Å². The fraction of sp³-hybridized carbons (Fsp3) is 1.00. The first-order valence-corrected chi connectivity index (χ1v) is 13.2. The molecular weight excluding hydrogens is 392 g/mol. The number of hydrogen-bond donors (Lipinski definition) is 1. The molecule has 1 aliphatic carbocycles. The Balaban J connectivity index is 0.916. The minimum atomic E-state index is -0.492. The fourth-order valence-corrected chi connectivity index (χ4v) is 7.53. The highest BCUT2D eigenvalue weighted by Crippen LogP contribution is 2.44. The van der Waals surface area contributed by atoms with Gasteiger partial charge in [0.05, 0.1) is 13.2 Å². The van der Waals surface area contributed by atoms with Gasteiger partial charge in [0.25, 0.3) is 0 Å². The maximum Gasteiger partial charge on any atom is 0.184 e. The number of nitrogens with zero attached hydrogens (tertiary/aromatic N) is 2. The van der Waals surface area contributed by atoms with E-state index in [9.17, 15) is 5.11 Å². The van der Waals surface area contributed by atoms with Gasteiger partial charge >= 0.3 is 0 Å². The van der Waals surface area contributed by atoms with Crippen LogP contribution in [-0.2, 0) is 14.2 Å². The van der Waals surface area contributed by atoms with E-state index < -0.39 is 6.29 Å². The Kier molecular flexibility index (Phi) is 6.08. The van der Waals surface area contributed by atoms with Crippen molar-refractivity contribution in [2.24, 2.45) is 23.2 Å². The van der Waals surface area contributed by atoms with Crippen LogP contribution in [-0.4, -0.2) is 85.6 Å². The van der Waals surface area contributed by atoms with E-state index in [0.29, 0.717) is 29.4 Å². The molecule has 7 atom stereocenters. The highest BCUT2D eigenvalue weighted by molar-refractivity contribution is 4.95. The highest BCUT2D eigenvalue weighted by atomic mass is 16.8. The summed E-state index contributed by atoms with van der Waals surface area (Å²) in [5.74, 6) is 1.96. The van der Waals surface area contributed by atoms with Gasteiger partial charge in [-0.05, 0) is 114 Å². The normalized spacial score (nSPS) is 45.8. The molecule has 5 aliphatic heterocycles. The van der Waals surface area contributed by atoms with Crippen molar-refractivity contribution >= 4 is 0 Å². The molecule has 6 heteroatoms. The van der Waals surface area contributed by atoms with Gasteiger partial charge < -0.3 is 24.2 Å². The second-order valence-corrected chi connectivity index (χ2v) is 11.6. The van der Waals surface area contributed by atoms with Crippen LogP contribution >= 0.6 is 0 Å². The Labute approximate surface area is 187 Å². The van der Waals surface area contributed by atoms with E-state index >= 15 is 0 Å². The number of piperidine rings is 2. The molecule has 1 spiro atoms. The van der Waals surface area contributed by atoms with Crippen molar-refractivity contribution in [3.05, 3.63) is 0 Å². The van der Waals surface area contributed by atoms with E-state index in [1.165, 1.54) is 84.1 Å². The molecule has 0 bridgehead atoms. The maximum absolute atomic E-state index is 10.1. The molecule has 1 saturated carbocycles. The number of aliphatic hydroxyl groups excluding tert-OH is 1. The second-order valence-electron chi connectivity index (χ2n) is 11.6. The first kappa shape index (κ1) is 21.3. The Morgan fingerprint density at radius 3 is 2.52 bits per heavy atom. The van der Waals surface area contributed by atoms with Gasteiger partial charge in [-0.3, -0.25) is 4.90 Å². The first-order chi connectivity index (χ1) is 15.2. The van der Waals surface area contributed by atoms with Crippen molar-refractivity contribution in [2.75, 3.05) is 45.9 Å². The van der Waals surface area contributed by atoms with Crippen molar-refractivity contribution in [3.8, 4) is 0 Å². The average Bonchev–Trinajstić information content (AvgIpc) is 3.58. The number of aliphatic hydroxyl groups is 1. The zero-order valence-electron chi connectivity index (χ0n) is 19.1. The predicted molar refractivity (Wildman–Crippen MR) is 117 cm³/mol. The molecule has 6 rings (SSSR count). The summed E-state index contributed by atoms with van der Waals surface area (Å²) in [5.41, 5.74) is 0.609. The molecule has 6 fully saturated rings. The monoisotopic (exact) mass is 434 g/mol. The Morgan fingerprint density at radius 1 is 0.903 bits per heavy atom. The highest BCUT2D eigenvalue weighted by Gasteiger charge is 2.48. The van der Waals surface area contributed by atoms with Crippen molar-refractivity contribution < 1.29 is 19.3 Å². The zero-order chi connectivity index (χ0) is 20.8. The van der Waals surface area contributed by atoms with E-state index in [1.54, 1.807) is 0 Å². The summed E-state index contributed by atoms with van der Waals surface area (Å²) in [4.78, 5) is 5.45. The van der Waals surface area contributed by atoms with Crippen LogP contribution in [0.3, 0.4) is 0 Å². The Morgan fingerprint density at radius 2 is 1.71 bits per heavy atom. The maximum atomic E-state index is 10.1. The molecule has 5 saturated heterocycles. The smallest absolute Gasteiger partial charge is 0.184 e. The number of fused-ring (bicyclic) bond motifs is 2. The van der Waals surface area contributed by atoms with Crippen molar-refractivity contribution in [1.29, 1.82) is 0 Å². The fourth-order valence-electron chi connectivity index (χ4n) is 7.53. The SMILES string of the molecule is OC1OCCC2CC(CCN3CCC4(CC3)CCN(C3COC5OC5C3)CC4)CCC21. The summed E-state index contributed by atoms with van der Waals surface area (Å²) in [6, 6.07) is 0.591. The standard InChI is InChI=1S/C25H42N2O4/c28-23-21-2-1-18(15-19(21)4-14-29-23)3-9-26-10-5-25(6-11-26)7-12-27(13-8-25)20-16-22-24(31-22)30-17-20/h18-24,28H,1-17H2. The molecule has 7 unspecified atom stereocenters. The van der Waals surface area contributed by atoms with Crippen LogP contribution in [0.4, 0.5) is 0 Å². The molecule has 0 radical (unpaired) electrons. The summed E-state index contributed by atoms with van der Waals surface area (Å²) < 4.78 is 16.8. The molecule has 6 aliphatic rings. The van der Waals surface area contributed by atoms with Gasteiger partial charge in [-0.2, -0.15) is 0 Å². The quantitative estimate of drug-likeness (QED) is 0.687. The lowest BCUT2D eigenvalue weighted by atomic mass is 9.70. The van der Waals surface area contributed by atoms with Crippen LogP contribution < -0.4 is 0 Å². The van der Waals surface area contributed by atoms with Gasteiger partial charge in [-0.25, -0.2) is 0 Å². The molecule has 31 heavy (non-hydrogen) atoms. The van der Waals surface area contributed by atoms with E-state index in [-0.39, 0.29) is 6.29 Å². The number of hydrogen-bond acceptors (Lipinski definition) is 6. The number of ether oxygens (including phenoxy) is 3. The Bertz CT molecular complexity index is 615. The molecule has 6 nitrogen and oxygen atoms in total. The molecule has 0 aromatic heterocycles. The van der Waals surface area contributed by atoms with Crippen LogP contribution in [0.5, 0.6) is 0 Å². The molecule has 5 heterocycles. The van der Waals surface area contributed by atoms with Crippen molar-refractivity contribution in [2.45, 2.75) is 88.9 Å². The number of likely N-dealkylation sites (tertiary alicyclic amines) is 2. The molecule has 0 aromatic carbocycles. The molecule has 176 valence electrons. The van der Waals surface area contributed by atoms with Gasteiger partial charge in [-0.15, -0.1) is 0 Å². The predicted octanol–water partition coefficient (Wildman–Crippen LogP) is 2.84. The minimum Gasteiger partial charge on any atom is -0.368 e. The summed E-state index contributed by atoms with van der Waals surface area (Å²) in [6.45, 7) is 8.02. The van der Waals surface area contributed by atoms with Crippen molar-refractivity contribution in [1.82, 2.24) is 9.80 Å². The zero-order valence-corrected chi connectivity index (χ0v) is 19.1. The molecular formula is C25H42N2O4. The lowest BCUT2D eigenvalue weighted by molar-refractivity contribution is -0.188. The van der Waals surface area contributed by atoms with Crippen LogP contribution in [0.2, 0.25) is 0 Å². The number of rotatable bonds is 4. The third-order valence-electron chi connectivity index (χ3n) is 9.93. The van der Waals surface area contributed by atoms with E-state index in [0.717, 1.165) is 32.0 Å². The van der Waals surface area contributed by atoms with Crippen LogP contribution in [0.1, 0.15) is 64.2 Å². The van der Waals surface area contributed by atoms with Gasteiger partial charge in [0.15, 0.2) is 12.6 Å². The molecule has 0 aromatic rings. The van der Waals surface area contributed by atoms with Gasteiger partial charge in [0.2, 0.25) is 0 Å². The number of epoxide rings is 1. The van der Waals surface area contributed by atoms with Gasteiger partial charge in [-0.1, -0.05) is 0 Å². The lowest BCUT2D eigenvalue weighted by Gasteiger charge is -2.49. The molecule has 0 amide bonds. The van der Waals surface area contributed by atoms with E-state index in [1.807, 2.05) is 0 Å². The van der Waals surface area contributed by atoms with E-state index in [2.05, 4.69) is 9.80 Å². The average molecular weight is 435 g/mol. The third kappa shape index (κ3) is 4.58. The Hall–Kier alpha value is -0.240.